The van der Waals surface area contributed by atoms with E-state index in [4.69, 9.17) is 0 Å². The Morgan fingerprint density at radius 1 is 1.33 bits per heavy atom. The molecule has 0 bridgehead atoms. The van der Waals surface area contributed by atoms with Gasteiger partial charge in [-0.15, -0.1) is 0 Å². The van der Waals surface area contributed by atoms with E-state index < -0.39 is 0 Å². The standard InChI is InChI=1S/C13H14BrN3O/c1-2-17-13(18)12(14)11(9-16-17)15-8-10-6-4-3-5-7-10/h3-7,9,15H,2,8H2,1H3. The van der Waals surface area contributed by atoms with E-state index in [1.54, 1.807) is 6.20 Å². The molecule has 1 aromatic carbocycles. The van der Waals surface area contributed by atoms with Crippen LogP contribution in [0.1, 0.15) is 12.5 Å². The second-order valence-electron chi connectivity index (χ2n) is 3.83. The average molecular weight is 308 g/mol. The van der Waals surface area contributed by atoms with E-state index in [1.165, 1.54) is 4.68 Å². The van der Waals surface area contributed by atoms with Gasteiger partial charge in [-0.1, -0.05) is 30.3 Å². The monoisotopic (exact) mass is 307 g/mol. The quantitative estimate of drug-likeness (QED) is 0.944. The molecule has 2 aromatic rings. The first-order chi connectivity index (χ1) is 8.72. The molecule has 0 saturated carbocycles. The third-order valence-electron chi connectivity index (χ3n) is 2.61. The Balaban J connectivity index is 2.16. The van der Waals surface area contributed by atoms with Gasteiger partial charge >= 0.3 is 0 Å². The van der Waals surface area contributed by atoms with E-state index in [2.05, 4.69) is 26.3 Å². The number of nitrogens with zero attached hydrogens (tertiary/aromatic N) is 2. The van der Waals surface area contributed by atoms with Crippen LogP contribution in [0, 0.1) is 0 Å². The molecular weight excluding hydrogens is 294 g/mol. The molecule has 18 heavy (non-hydrogen) atoms. The number of hydrogen-bond donors (Lipinski definition) is 1. The van der Waals surface area contributed by atoms with Gasteiger partial charge in [-0.05, 0) is 28.4 Å². The summed E-state index contributed by atoms with van der Waals surface area (Å²) in [5.74, 6) is 0. The lowest BCUT2D eigenvalue weighted by molar-refractivity contribution is 0.613. The Bertz CT molecular complexity index is 581. The molecule has 0 unspecified atom stereocenters. The second kappa shape index (κ2) is 5.82. The molecule has 0 fully saturated rings. The third kappa shape index (κ3) is 2.79. The summed E-state index contributed by atoms with van der Waals surface area (Å²) < 4.78 is 1.94. The Morgan fingerprint density at radius 2 is 2.06 bits per heavy atom. The number of benzene rings is 1. The van der Waals surface area contributed by atoms with Gasteiger partial charge in [0.15, 0.2) is 0 Å². The molecule has 0 spiro atoms. The SMILES string of the molecule is CCn1ncc(NCc2ccccc2)c(Br)c1=O. The Labute approximate surface area is 114 Å². The van der Waals surface area contributed by atoms with Gasteiger partial charge < -0.3 is 5.32 Å². The van der Waals surface area contributed by atoms with Gasteiger partial charge in [0.2, 0.25) is 0 Å². The highest BCUT2D eigenvalue weighted by Crippen LogP contribution is 2.17. The predicted octanol–water partition coefficient (Wildman–Crippen LogP) is 2.64. The van der Waals surface area contributed by atoms with Crippen LogP contribution in [-0.2, 0) is 13.1 Å². The average Bonchev–Trinajstić information content (AvgIpc) is 2.42. The molecule has 1 aromatic heterocycles. The van der Waals surface area contributed by atoms with Crippen LogP contribution in [0.15, 0.2) is 45.8 Å². The summed E-state index contributed by atoms with van der Waals surface area (Å²) >= 11 is 3.31. The van der Waals surface area contributed by atoms with Crippen molar-refractivity contribution in [2.45, 2.75) is 20.0 Å². The highest BCUT2D eigenvalue weighted by Gasteiger charge is 2.07. The van der Waals surface area contributed by atoms with Crippen LogP contribution >= 0.6 is 15.9 Å². The van der Waals surface area contributed by atoms with Crippen molar-refractivity contribution in [3.63, 3.8) is 0 Å². The molecule has 1 heterocycles. The lowest BCUT2D eigenvalue weighted by Crippen LogP contribution is -2.23. The summed E-state index contributed by atoms with van der Waals surface area (Å²) in [7, 11) is 0. The molecule has 0 aliphatic carbocycles. The lowest BCUT2D eigenvalue weighted by atomic mass is 10.2. The Morgan fingerprint density at radius 3 is 2.72 bits per heavy atom. The van der Waals surface area contributed by atoms with Crippen molar-refractivity contribution in [2.75, 3.05) is 5.32 Å². The molecular formula is C13H14BrN3O. The summed E-state index contributed by atoms with van der Waals surface area (Å²) in [5.41, 5.74) is 1.76. The van der Waals surface area contributed by atoms with Crippen LogP contribution in [0.3, 0.4) is 0 Å². The highest BCUT2D eigenvalue weighted by atomic mass is 79.9. The summed E-state index contributed by atoms with van der Waals surface area (Å²) in [6.07, 6.45) is 1.66. The first kappa shape index (κ1) is 12.8. The molecule has 0 saturated heterocycles. The molecule has 0 amide bonds. The van der Waals surface area contributed by atoms with Crippen molar-refractivity contribution in [1.82, 2.24) is 9.78 Å². The van der Waals surface area contributed by atoms with E-state index in [-0.39, 0.29) is 5.56 Å². The summed E-state index contributed by atoms with van der Waals surface area (Å²) in [4.78, 5) is 11.8. The van der Waals surface area contributed by atoms with Crippen LogP contribution in [0.4, 0.5) is 5.69 Å². The number of rotatable bonds is 4. The molecule has 0 aliphatic heterocycles. The Hall–Kier alpha value is -1.62. The minimum atomic E-state index is -0.115. The van der Waals surface area contributed by atoms with Crippen molar-refractivity contribution in [1.29, 1.82) is 0 Å². The van der Waals surface area contributed by atoms with Gasteiger partial charge in [-0.2, -0.15) is 5.10 Å². The fourth-order valence-electron chi connectivity index (χ4n) is 1.61. The van der Waals surface area contributed by atoms with Gasteiger partial charge in [-0.3, -0.25) is 4.79 Å². The van der Waals surface area contributed by atoms with Crippen LogP contribution in [0.25, 0.3) is 0 Å². The third-order valence-corrected chi connectivity index (χ3v) is 3.38. The normalized spacial score (nSPS) is 10.3. The number of aromatic nitrogens is 2. The van der Waals surface area contributed by atoms with Gasteiger partial charge in [-0.25, -0.2) is 4.68 Å². The molecule has 5 heteroatoms. The van der Waals surface area contributed by atoms with Crippen LogP contribution in [0.2, 0.25) is 0 Å². The summed E-state index contributed by atoms with van der Waals surface area (Å²) in [6, 6.07) is 10.0. The van der Waals surface area contributed by atoms with Crippen molar-refractivity contribution in [3.05, 3.63) is 56.9 Å². The van der Waals surface area contributed by atoms with Crippen molar-refractivity contribution in [3.8, 4) is 0 Å². The predicted molar refractivity (Wildman–Crippen MR) is 75.6 cm³/mol. The van der Waals surface area contributed by atoms with E-state index >= 15 is 0 Å². The van der Waals surface area contributed by atoms with Crippen molar-refractivity contribution >= 4 is 21.6 Å². The summed E-state index contributed by atoms with van der Waals surface area (Å²) in [6.45, 7) is 3.12. The highest BCUT2D eigenvalue weighted by molar-refractivity contribution is 9.10. The molecule has 0 atom stereocenters. The fourth-order valence-corrected chi connectivity index (χ4v) is 2.05. The minimum absolute atomic E-state index is 0.115. The van der Waals surface area contributed by atoms with Crippen molar-refractivity contribution in [2.24, 2.45) is 0 Å². The first-order valence-corrected chi connectivity index (χ1v) is 6.55. The number of aryl methyl sites for hydroxylation is 1. The minimum Gasteiger partial charge on any atom is -0.379 e. The van der Waals surface area contributed by atoms with E-state index in [0.29, 0.717) is 23.2 Å². The molecule has 0 radical (unpaired) electrons. The number of hydrogen-bond acceptors (Lipinski definition) is 3. The molecule has 1 N–H and O–H groups in total. The molecule has 4 nitrogen and oxygen atoms in total. The van der Waals surface area contributed by atoms with Gasteiger partial charge in [0.05, 0.1) is 11.9 Å². The first-order valence-electron chi connectivity index (χ1n) is 5.75. The second-order valence-corrected chi connectivity index (χ2v) is 4.63. The van der Waals surface area contributed by atoms with Gasteiger partial charge in [0.1, 0.15) is 4.47 Å². The fraction of sp³-hybridized carbons (Fsp3) is 0.231. The van der Waals surface area contributed by atoms with Crippen LogP contribution in [0.5, 0.6) is 0 Å². The molecule has 2 rings (SSSR count). The molecule has 0 aliphatic rings. The number of anilines is 1. The maximum absolute atomic E-state index is 11.8. The smallest absolute Gasteiger partial charge is 0.283 e. The van der Waals surface area contributed by atoms with Gasteiger partial charge in [0.25, 0.3) is 5.56 Å². The zero-order valence-corrected chi connectivity index (χ0v) is 11.6. The number of nitrogens with one attached hydrogen (secondary N) is 1. The Kier molecular flexibility index (Phi) is 4.15. The summed E-state index contributed by atoms with van der Waals surface area (Å²) in [5, 5.41) is 7.28. The van der Waals surface area contributed by atoms with E-state index in [1.807, 2.05) is 37.3 Å². The number of halogens is 1. The van der Waals surface area contributed by atoms with Gasteiger partial charge in [0, 0.05) is 13.1 Å². The topological polar surface area (TPSA) is 46.9 Å². The van der Waals surface area contributed by atoms with Crippen LogP contribution in [-0.4, -0.2) is 9.78 Å². The van der Waals surface area contributed by atoms with E-state index in [0.717, 1.165) is 5.56 Å². The van der Waals surface area contributed by atoms with Crippen molar-refractivity contribution < 1.29 is 0 Å². The lowest BCUT2D eigenvalue weighted by Gasteiger charge is -2.09. The zero-order valence-electron chi connectivity index (χ0n) is 10.1. The maximum Gasteiger partial charge on any atom is 0.283 e. The maximum atomic E-state index is 11.8. The molecule has 94 valence electrons. The van der Waals surface area contributed by atoms with Crippen LogP contribution < -0.4 is 10.9 Å². The zero-order chi connectivity index (χ0) is 13.0. The largest absolute Gasteiger partial charge is 0.379 e. The van der Waals surface area contributed by atoms with E-state index in [9.17, 15) is 4.79 Å².